The van der Waals surface area contributed by atoms with E-state index in [1.807, 2.05) is 25.5 Å². The van der Waals surface area contributed by atoms with Crippen LogP contribution in [0.2, 0.25) is 0 Å². The molecule has 0 bridgehead atoms. The van der Waals surface area contributed by atoms with E-state index in [0.29, 0.717) is 12.6 Å². The quantitative estimate of drug-likeness (QED) is 0.393. The molecule has 1 saturated carbocycles. The molecule has 7 heteroatoms. The number of guanidine groups is 1. The lowest BCUT2D eigenvalue weighted by atomic mass is 9.80. The molecule has 0 amide bonds. The lowest BCUT2D eigenvalue weighted by Crippen LogP contribution is -2.45. The van der Waals surface area contributed by atoms with Gasteiger partial charge in [-0.15, -0.1) is 10.2 Å². The zero-order valence-electron chi connectivity index (χ0n) is 17.8. The van der Waals surface area contributed by atoms with Crippen molar-refractivity contribution in [3.05, 3.63) is 11.6 Å². The topological polar surface area (TPSA) is 76.4 Å². The second-order valence-corrected chi connectivity index (χ2v) is 7.86. The summed E-state index contributed by atoms with van der Waals surface area (Å²) in [6, 6.07) is 0.499. The van der Waals surface area contributed by atoms with Crippen molar-refractivity contribution in [1.29, 1.82) is 0 Å². The Kier molecular flexibility index (Phi) is 9.04. The molecule has 7 nitrogen and oxygen atoms in total. The van der Waals surface area contributed by atoms with Gasteiger partial charge in [-0.05, 0) is 57.8 Å². The van der Waals surface area contributed by atoms with Gasteiger partial charge in [0, 0.05) is 32.8 Å². The summed E-state index contributed by atoms with van der Waals surface area (Å²) in [7, 11) is 1.98. The number of aromatic nitrogens is 3. The van der Waals surface area contributed by atoms with Crippen molar-refractivity contribution < 1.29 is 4.74 Å². The molecule has 154 valence electrons. The van der Waals surface area contributed by atoms with Crippen LogP contribution in [-0.4, -0.2) is 46.5 Å². The predicted octanol–water partition coefficient (Wildman–Crippen LogP) is 2.80. The van der Waals surface area contributed by atoms with Gasteiger partial charge in [-0.25, -0.2) is 4.99 Å². The fraction of sp³-hybridized carbons (Fsp3) is 0.850. The minimum Gasteiger partial charge on any atom is -0.382 e. The van der Waals surface area contributed by atoms with Gasteiger partial charge >= 0.3 is 0 Å². The normalized spacial score (nSPS) is 20.9. The van der Waals surface area contributed by atoms with Gasteiger partial charge in [0.05, 0.1) is 0 Å². The first kappa shape index (κ1) is 21.7. The van der Waals surface area contributed by atoms with Gasteiger partial charge < -0.3 is 19.9 Å². The van der Waals surface area contributed by atoms with Gasteiger partial charge in [-0.3, -0.25) is 0 Å². The number of hydrogen-bond acceptors (Lipinski definition) is 4. The maximum Gasteiger partial charge on any atom is 0.191 e. The van der Waals surface area contributed by atoms with E-state index in [2.05, 4.69) is 34.7 Å². The Morgan fingerprint density at radius 2 is 2.00 bits per heavy atom. The van der Waals surface area contributed by atoms with Crippen molar-refractivity contribution in [1.82, 2.24) is 25.4 Å². The van der Waals surface area contributed by atoms with Crippen LogP contribution >= 0.6 is 0 Å². The van der Waals surface area contributed by atoms with Crippen LogP contribution < -0.4 is 10.6 Å². The van der Waals surface area contributed by atoms with Crippen molar-refractivity contribution in [2.75, 3.05) is 19.8 Å². The molecule has 0 radical (unpaired) electrons. The lowest BCUT2D eigenvalue weighted by Gasteiger charge is -2.32. The monoisotopic (exact) mass is 378 g/mol. The highest BCUT2D eigenvalue weighted by Gasteiger charge is 2.23. The van der Waals surface area contributed by atoms with Crippen LogP contribution in [0.4, 0.5) is 0 Å². The number of hydrogen-bond donors (Lipinski definition) is 2. The average molecular weight is 379 g/mol. The Morgan fingerprint density at radius 1 is 1.26 bits per heavy atom. The zero-order valence-corrected chi connectivity index (χ0v) is 17.8. The van der Waals surface area contributed by atoms with E-state index in [1.165, 1.54) is 25.7 Å². The van der Waals surface area contributed by atoms with Gasteiger partial charge in [0.1, 0.15) is 12.4 Å². The average Bonchev–Trinajstić information content (AvgIpc) is 2.98. The van der Waals surface area contributed by atoms with Crippen LogP contribution in [0, 0.1) is 18.8 Å². The summed E-state index contributed by atoms with van der Waals surface area (Å²) in [5.41, 5.74) is 0. The van der Waals surface area contributed by atoms with Gasteiger partial charge in [-0.1, -0.05) is 13.8 Å². The number of aryl methyl sites for hydroxylation is 1. The van der Waals surface area contributed by atoms with E-state index in [-0.39, 0.29) is 0 Å². The van der Waals surface area contributed by atoms with Gasteiger partial charge in [0.15, 0.2) is 11.8 Å². The van der Waals surface area contributed by atoms with Gasteiger partial charge in [0.2, 0.25) is 0 Å². The minimum atomic E-state index is 0.499. The second-order valence-electron chi connectivity index (χ2n) is 7.86. The summed E-state index contributed by atoms with van der Waals surface area (Å²) in [5.74, 6) is 4.32. The smallest absolute Gasteiger partial charge is 0.191 e. The van der Waals surface area contributed by atoms with Crippen LogP contribution in [0.15, 0.2) is 4.99 Å². The molecule has 1 fully saturated rings. The van der Waals surface area contributed by atoms with Crippen molar-refractivity contribution >= 4 is 5.96 Å². The van der Waals surface area contributed by atoms with E-state index in [9.17, 15) is 0 Å². The summed E-state index contributed by atoms with van der Waals surface area (Å²) in [5, 5.41) is 15.4. The summed E-state index contributed by atoms with van der Waals surface area (Å²) < 4.78 is 7.42. The summed E-state index contributed by atoms with van der Waals surface area (Å²) in [6.07, 6.45) is 6.00. The van der Waals surface area contributed by atoms with E-state index < -0.39 is 0 Å². The first-order valence-corrected chi connectivity index (χ1v) is 10.5. The number of rotatable bonds is 9. The van der Waals surface area contributed by atoms with Gasteiger partial charge in [0.25, 0.3) is 0 Å². The van der Waals surface area contributed by atoms with E-state index in [4.69, 9.17) is 9.73 Å². The fourth-order valence-electron chi connectivity index (χ4n) is 3.54. The Bertz CT molecular complexity index is 575. The van der Waals surface area contributed by atoms with Crippen LogP contribution in [0.1, 0.15) is 64.5 Å². The molecule has 0 unspecified atom stereocenters. The van der Waals surface area contributed by atoms with E-state index in [1.54, 1.807) is 0 Å². The third-order valence-corrected chi connectivity index (χ3v) is 5.58. The molecular formula is C20H38N6O. The maximum atomic E-state index is 5.43. The molecule has 27 heavy (non-hydrogen) atoms. The first-order valence-electron chi connectivity index (χ1n) is 10.5. The van der Waals surface area contributed by atoms with Crippen LogP contribution in [-0.2, 0) is 18.3 Å². The van der Waals surface area contributed by atoms with Crippen molar-refractivity contribution in [2.24, 2.45) is 23.9 Å². The Morgan fingerprint density at radius 3 is 2.59 bits per heavy atom. The van der Waals surface area contributed by atoms with Crippen molar-refractivity contribution in [3.63, 3.8) is 0 Å². The maximum absolute atomic E-state index is 5.43. The first-order chi connectivity index (χ1) is 13.0. The molecule has 2 N–H and O–H groups in total. The highest BCUT2D eigenvalue weighted by atomic mass is 16.5. The third kappa shape index (κ3) is 7.13. The van der Waals surface area contributed by atoms with E-state index >= 15 is 0 Å². The zero-order chi connectivity index (χ0) is 19.6. The molecule has 0 aliphatic heterocycles. The highest BCUT2D eigenvalue weighted by molar-refractivity contribution is 5.80. The standard InChI is InChI=1S/C20H38N6O/c1-6-27-13-7-12-21-20(22-14-19-25-24-16(4)26(19)5)23-18-10-8-17(9-11-18)15(2)3/h15,17-18H,6-14H2,1-5H3,(H2,21,22,23). The predicted molar refractivity (Wildman–Crippen MR) is 110 cm³/mol. The molecule has 1 aromatic rings. The third-order valence-electron chi connectivity index (χ3n) is 5.58. The molecule has 2 rings (SSSR count). The lowest BCUT2D eigenvalue weighted by molar-refractivity contribution is 0.145. The second kappa shape index (κ2) is 11.3. The molecule has 1 aliphatic carbocycles. The van der Waals surface area contributed by atoms with Gasteiger partial charge in [-0.2, -0.15) is 0 Å². The van der Waals surface area contributed by atoms with E-state index in [0.717, 1.165) is 55.6 Å². The molecule has 1 heterocycles. The number of nitrogens with zero attached hydrogens (tertiary/aromatic N) is 4. The molecule has 0 atom stereocenters. The Hall–Kier alpha value is -1.63. The molecule has 0 saturated heterocycles. The largest absolute Gasteiger partial charge is 0.382 e. The van der Waals surface area contributed by atoms with Crippen LogP contribution in [0.5, 0.6) is 0 Å². The molecule has 1 aliphatic rings. The molecule has 0 spiro atoms. The highest BCUT2D eigenvalue weighted by Crippen LogP contribution is 2.29. The van der Waals surface area contributed by atoms with Crippen LogP contribution in [0.3, 0.4) is 0 Å². The molecule has 1 aromatic heterocycles. The van der Waals surface area contributed by atoms with Crippen molar-refractivity contribution in [3.8, 4) is 0 Å². The minimum absolute atomic E-state index is 0.499. The summed E-state index contributed by atoms with van der Waals surface area (Å²) in [6.45, 7) is 11.6. The Labute approximate surface area is 164 Å². The van der Waals surface area contributed by atoms with Crippen molar-refractivity contribution in [2.45, 2.75) is 72.4 Å². The number of nitrogens with one attached hydrogen (secondary N) is 2. The summed E-state index contributed by atoms with van der Waals surface area (Å²) >= 11 is 0. The number of ether oxygens (including phenoxy) is 1. The fourth-order valence-corrected chi connectivity index (χ4v) is 3.54. The molecular weight excluding hydrogens is 340 g/mol. The Balaban J connectivity index is 1.90. The SMILES string of the molecule is CCOCCCNC(=NCc1nnc(C)n1C)NC1CCC(C(C)C)CC1. The summed E-state index contributed by atoms with van der Waals surface area (Å²) in [4.78, 5) is 4.76. The number of aliphatic imine (C=N–C) groups is 1. The molecule has 0 aromatic carbocycles. The van der Waals surface area contributed by atoms with Crippen LogP contribution in [0.25, 0.3) is 0 Å².